The molecule has 1 amide bonds. The maximum Gasteiger partial charge on any atom is 0.410 e. The van der Waals surface area contributed by atoms with E-state index in [4.69, 9.17) is 4.74 Å². The van der Waals surface area contributed by atoms with Gasteiger partial charge in [-0.3, -0.25) is 0 Å². The van der Waals surface area contributed by atoms with Gasteiger partial charge in [-0.1, -0.05) is 0 Å². The van der Waals surface area contributed by atoms with E-state index in [1.165, 1.54) is 17.3 Å². The SMILES string of the molecule is CC(C)(C)OC(=O)N1CCC(CNC2CCCc3c2[nH]c2ccc(F)cc32)CC1. The van der Waals surface area contributed by atoms with Crippen LogP contribution >= 0.6 is 0 Å². The Morgan fingerprint density at radius 1 is 1.28 bits per heavy atom. The summed E-state index contributed by atoms with van der Waals surface area (Å²) >= 11 is 0. The summed E-state index contributed by atoms with van der Waals surface area (Å²) in [5, 5.41) is 4.77. The van der Waals surface area contributed by atoms with Crippen LogP contribution in [0.1, 0.15) is 63.8 Å². The molecule has 0 saturated carbocycles. The van der Waals surface area contributed by atoms with Gasteiger partial charge < -0.3 is 19.9 Å². The highest BCUT2D eigenvalue weighted by Crippen LogP contribution is 2.35. The molecule has 5 nitrogen and oxygen atoms in total. The number of hydrogen-bond donors (Lipinski definition) is 2. The number of likely N-dealkylation sites (tertiary alicyclic amines) is 1. The molecule has 4 rings (SSSR count). The highest BCUT2D eigenvalue weighted by atomic mass is 19.1. The van der Waals surface area contributed by atoms with E-state index in [9.17, 15) is 9.18 Å². The number of aryl methyl sites for hydroxylation is 1. The Kier molecular flexibility index (Phi) is 5.56. The summed E-state index contributed by atoms with van der Waals surface area (Å²) in [5.41, 5.74) is 3.07. The average Bonchev–Trinajstić information content (AvgIpc) is 3.04. The number of nitrogens with zero attached hydrogens (tertiary/aromatic N) is 1. The number of halogens is 1. The Morgan fingerprint density at radius 3 is 2.76 bits per heavy atom. The number of piperidine rings is 1. The van der Waals surface area contributed by atoms with Crippen molar-refractivity contribution in [1.82, 2.24) is 15.2 Å². The summed E-state index contributed by atoms with van der Waals surface area (Å²) in [6.45, 7) is 8.15. The Balaban J connectivity index is 1.33. The molecule has 1 atom stereocenters. The lowest BCUT2D eigenvalue weighted by atomic mass is 9.90. The number of amides is 1. The molecule has 2 aliphatic rings. The van der Waals surface area contributed by atoms with Crippen molar-refractivity contribution in [3.05, 3.63) is 35.3 Å². The molecule has 1 aliphatic carbocycles. The summed E-state index contributed by atoms with van der Waals surface area (Å²) < 4.78 is 19.2. The van der Waals surface area contributed by atoms with Crippen molar-refractivity contribution in [2.45, 2.75) is 64.5 Å². The highest BCUT2D eigenvalue weighted by Gasteiger charge is 2.29. The molecule has 0 bridgehead atoms. The minimum atomic E-state index is -0.448. The zero-order valence-electron chi connectivity index (χ0n) is 17.7. The maximum atomic E-state index is 13.7. The molecular formula is C23H32FN3O2. The quantitative estimate of drug-likeness (QED) is 0.767. The zero-order valence-corrected chi connectivity index (χ0v) is 17.7. The van der Waals surface area contributed by atoms with Crippen LogP contribution in [0.2, 0.25) is 0 Å². The number of rotatable bonds is 3. The van der Waals surface area contributed by atoms with Crippen LogP contribution in [0.4, 0.5) is 9.18 Å². The highest BCUT2D eigenvalue weighted by molar-refractivity contribution is 5.85. The lowest BCUT2D eigenvalue weighted by Gasteiger charge is -2.34. The van der Waals surface area contributed by atoms with Gasteiger partial charge >= 0.3 is 6.09 Å². The third-order valence-electron chi connectivity index (χ3n) is 6.09. The standard InChI is InChI=1S/C23H32FN3O2/c1-23(2,3)29-22(28)27-11-9-15(10-12-27)14-25-20-6-4-5-17-18-13-16(24)7-8-19(18)26-21(17)20/h7-8,13,15,20,25-26H,4-6,9-12,14H2,1-3H3. The normalized spacial score (nSPS) is 20.7. The fourth-order valence-electron chi connectivity index (χ4n) is 4.59. The number of aromatic nitrogens is 1. The minimum absolute atomic E-state index is 0.175. The predicted octanol–water partition coefficient (Wildman–Crippen LogP) is 4.92. The molecule has 1 saturated heterocycles. The van der Waals surface area contributed by atoms with Gasteiger partial charge in [0.1, 0.15) is 11.4 Å². The number of ether oxygens (including phenoxy) is 1. The smallest absolute Gasteiger partial charge is 0.410 e. The number of nitrogens with one attached hydrogen (secondary N) is 2. The van der Waals surface area contributed by atoms with Gasteiger partial charge in [-0.15, -0.1) is 0 Å². The second-order valence-corrected chi connectivity index (χ2v) is 9.47. The summed E-state index contributed by atoms with van der Waals surface area (Å²) in [4.78, 5) is 17.6. The topological polar surface area (TPSA) is 57.4 Å². The summed E-state index contributed by atoms with van der Waals surface area (Å²) in [6.07, 6.45) is 4.99. The zero-order chi connectivity index (χ0) is 20.6. The van der Waals surface area contributed by atoms with Crippen LogP contribution in [-0.4, -0.2) is 41.2 Å². The number of H-pyrrole nitrogens is 1. The van der Waals surface area contributed by atoms with Crippen LogP contribution in [-0.2, 0) is 11.2 Å². The van der Waals surface area contributed by atoms with E-state index >= 15 is 0 Å². The lowest BCUT2D eigenvalue weighted by Crippen LogP contribution is -2.43. The summed E-state index contributed by atoms with van der Waals surface area (Å²) in [5.74, 6) is 0.381. The third kappa shape index (κ3) is 4.58. The number of carbonyl (C=O) groups excluding carboxylic acids is 1. The van der Waals surface area contributed by atoms with Crippen molar-refractivity contribution in [3.8, 4) is 0 Å². The monoisotopic (exact) mass is 401 g/mol. The number of benzene rings is 1. The number of hydrogen-bond acceptors (Lipinski definition) is 3. The molecular weight excluding hydrogens is 369 g/mol. The molecule has 2 aromatic rings. The van der Waals surface area contributed by atoms with Gasteiger partial charge in [0.15, 0.2) is 0 Å². The molecule has 2 heterocycles. The number of fused-ring (bicyclic) bond motifs is 3. The van der Waals surface area contributed by atoms with Crippen molar-refractivity contribution in [1.29, 1.82) is 0 Å². The first-order valence-electron chi connectivity index (χ1n) is 10.8. The first kappa shape index (κ1) is 20.2. The molecule has 29 heavy (non-hydrogen) atoms. The van der Waals surface area contributed by atoms with Gasteiger partial charge in [-0.2, -0.15) is 0 Å². The first-order chi connectivity index (χ1) is 13.8. The Hall–Kier alpha value is -2.08. The van der Waals surface area contributed by atoms with E-state index in [-0.39, 0.29) is 18.0 Å². The Morgan fingerprint density at radius 2 is 2.03 bits per heavy atom. The van der Waals surface area contributed by atoms with E-state index in [2.05, 4.69) is 10.3 Å². The molecule has 0 spiro atoms. The second-order valence-electron chi connectivity index (χ2n) is 9.47. The van der Waals surface area contributed by atoms with E-state index in [0.717, 1.165) is 62.6 Å². The van der Waals surface area contributed by atoms with Gasteiger partial charge in [0.05, 0.1) is 0 Å². The minimum Gasteiger partial charge on any atom is -0.444 e. The average molecular weight is 402 g/mol. The van der Waals surface area contributed by atoms with Gasteiger partial charge in [-0.05, 0) is 89.1 Å². The fourth-order valence-corrected chi connectivity index (χ4v) is 4.59. The van der Waals surface area contributed by atoms with Gasteiger partial charge in [0.2, 0.25) is 0 Å². The Labute approximate surface area is 172 Å². The molecule has 2 N–H and O–H groups in total. The maximum absolute atomic E-state index is 13.7. The molecule has 158 valence electrons. The van der Waals surface area contributed by atoms with Crippen LogP contribution in [0.15, 0.2) is 18.2 Å². The molecule has 6 heteroatoms. The van der Waals surface area contributed by atoms with Crippen molar-refractivity contribution in [2.75, 3.05) is 19.6 Å². The van der Waals surface area contributed by atoms with Gasteiger partial charge in [0.25, 0.3) is 0 Å². The van der Waals surface area contributed by atoms with Crippen LogP contribution in [0.5, 0.6) is 0 Å². The molecule has 1 aliphatic heterocycles. The first-order valence-corrected chi connectivity index (χ1v) is 10.8. The number of aromatic amines is 1. The Bertz CT molecular complexity index is 878. The van der Waals surface area contributed by atoms with Crippen LogP contribution in [0.3, 0.4) is 0 Å². The molecule has 1 aromatic heterocycles. The van der Waals surface area contributed by atoms with Crippen LogP contribution in [0, 0.1) is 11.7 Å². The number of carbonyl (C=O) groups is 1. The molecule has 1 unspecified atom stereocenters. The van der Waals surface area contributed by atoms with Crippen molar-refractivity contribution < 1.29 is 13.9 Å². The third-order valence-corrected chi connectivity index (χ3v) is 6.09. The molecule has 0 radical (unpaired) electrons. The van der Waals surface area contributed by atoms with E-state index in [1.54, 1.807) is 6.07 Å². The van der Waals surface area contributed by atoms with Crippen molar-refractivity contribution in [3.63, 3.8) is 0 Å². The summed E-state index contributed by atoms with van der Waals surface area (Å²) in [7, 11) is 0. The molecule has 1 fully saturated rings. The van der Waals surface area contributed by atoms with Crippen molar-refractivity contribution in [2.24, 2.45) is 5.92 Å². The largest absolute Gasteiger partial charge is 0.444 e. The van der Waals surface area contributed by atoms with Crippen molar-refractivity contribution >= 4 is 17.0 Å². The van der Waals surface area contributed by atoms with Crippen LogP contribution < -0.4 is 5.32 Å². The summed E-state index contributed by atoms with van der Waals surface area (Å²) in [6, 6.07) is 5.30. The molecule has 1 aromatic carbocycles. The lowest BCUT2D eigenvalue weighted by molar-refractivity contribution is 0.0183. The van der Waals surface area contributed by atoms with E-state index < -0.39 is 5.60 Å². The van der Waals surface area contributed by atoms with Gasteiger partial charge in [-0.25, -0.2) is 9.18 Å². The fraction of sp³-hybridized carbons (Fsp3) is 0.609. The van der Waals surface area contributed by atoms with E-state index in [1.807, 2.05) is 31.7 Å². The predicted molar refractivity (Wildman–Crippen MR) is 112 cm³/mol. The van der Waals surface area contributed by atoms with Crippen LogP contribution in [0.25, 0.3) is 10.9 Å². The van der Waals surface area contributed by atoms with E-state index in [0.29, 0.717) is 5.92 Å². The van der Waals surface area contributed by atoms with Gasteiger partial charge in [0, 0.05) is 35.7 Å². The second kappa shape index (κ2) is 7.98.